The maximum Gasteiger partial charge on any atom is 0.145 e. The topological polar surface area (TPSA) is 25.4 Å². The standard InChI is InChI=1S/C19H20N2O/c1-14-12-18(21(2)13-15-8-5-4-6-9-15)20-19-16(14)10-7-11-17(19)22-3/h4-12H,13H2,1-3H3. The number of methoxy groups -OCH3 is 1. The molecule has 1 aromatic heterocycles. The summed E-state index contributed by atoms with van der Waals surface area (Å²) in [6.07, 6.45) is 0. The van der Waals surface area contributed by atoms with Crippen LogP contribution in [0.2, 0.25) is 0 Å². The first kappa shape index (κ1) is 14.4. The van der Waals surface area contributed by atoms with E-state index in [2.05, 4.69) is 55.3 Å². The highest BCUT2D eigenvalue weighted by atomic mass is 16.5. The van der Waals surface area contributed by atoms with E-state index in [0.717, 1.165) is 29.0 Å². The van der Waals surface area contributed by atoms with Gasteiger partial charge in [-0.15, -0.1) is 0 Å². The number of para-hydroxylation sites is 1. The molecular weight excluding hydrogens is 272 g/mol. The average molecular weight is 292 g/mol. The van der Waals surface area contributed by atoms with Crippen LogP contribution in [-0.4, -0.2) is 19.1 Å². The number of anilines is 1. The van der Waals surface area contributed by atoms with Crippen LogP contribution in [0.4, 0.5) is 5.82 Å². The second-order valence-corrected chi connectivity index (χ2v) is 5.50. The lowest BCUT2D eigenvalue weighted by atomic mass is 10.1. The van der Waals surface area contributed by atoms with Gasteiger partial charge in [0.15, 0.2) is 0 Å². The number of fused-ring (bicyclic) bond motifs is 1. The van der Waals surface area contributed by atoms with Crippen molar-refractivity contribution in [3.8, 4) is 5.75 Å². The van der Waals surface area contributed by atoms with E-state index in [1.807, 2.05) is 18.2 Å². The van der Waals surface area contributed by atoms with Gasteiger partial charge in [-0.25, -0.2) is 4.98 Å². The van der Waals surface area contributed by atoms with Crippen LogP contribution in [-0.2, 0) is 6.54 Å². The number of pyridine rings is 1. The molecule has 3 aromatic rings. The summed E-state index contributed by atoms with van der Waals surface area (Å²) in [5, 5.41) is 1.14. The van der Waals surface area contributed by atoms with Crippen molar-refractivity contribution in [2.45, 2.75) is 13.5 Å². The number of benzene rings is 2. The van der Waals surface area contributed by atoms with Gasteiger partial charge in [0.1, 0.15) is 17.1 Å². The van der Waals surface area contributed by atoms with Crippen LogP contribution in [0.15, 0.2) is 54.6 Å². The van der Waals surface area contributed by atoms with E-state index in [-0.39, 0.29) is 0 Å². The molecule has 0 unspecified atom stereocenters. The van der Waals surface area contributed by atoms with Gasteiger partial charge >= 0.3 is 0 Å². The molecule has 2 aromatic carbocycles. The van der Waals surface area contributed by atoms with Crippen LogP contribution in [0.1, 0.15) is 11.1 Å². The fourth-order valence-electron chi connectivity index (χ4n) is 2.67. The Bertz CT molecular complexity index is 784. The predicted octanol–water partition coefficient (Wildman–Crippen LogP) is 4.19. The largest absolute Gasteiger partial charge is 0.494 e. The molecule has 0 fully saturated rings. The number of ether oxygens (including phenoxy) is 1. The number of aryl methyl sites for hydroxylation is 1. The summed E-state index contributed by atoms with van der Waals surface area (Å²) in [6, 6.07) is 18.6. The van der Waals surface area contributed by atoms with Crippen molar-refractivity contribution in [2.75, 3.05) is 19.1 Å². The van der Waals surface area contributed by atoms with E-state index in [4.69, 9.17) is 9.72 Å². The first-order chi connectivity index (χ1) is 10.7. The maximum atomic E-state index is 5.45. The fraction of sp³-hybridized carbons (Fsp3) is 0.211. The van der Waals surface area contributed by atoms with Crippen molar-refractivity contribution >= 4 is 16.7 Å². The monoisotopic (exact) mass is 292 g/mol. The zero-order valence-corrected chi connectivity index (χ0v) is 13.2. The Balaban J connectivity index is 2.00. The molecule has 0 N–H and O–H groups in total. The number of rotatable bonds is 4. The number of hydrogen-bond acceptors (Lipinski definition) is 3. The van der Waals surface area contributed by atoms with Crippen molar-refractivity contribution in [3.05, 3.63) is 65.7 Å². The molecule has 0 saturated carbocycles. The quantitative estimate of drug-likeness (QED) is 0.721. The zero-order valence-electron chi connectivity index (χ0n) is 13.2. The van der Waals surface area contributed by atoms with Crippen molar-refractivity contribution in [1.29, 1.82) is 0 Å². The van der Waals surface area contributed by atoms with Gasteiger partial charge in [0, 0.05) is 19.0 Å². The molecular formula is C19H20N2O. The molecule has 3 heteroatoms. The maximum absolute atomic E-state index is 5.45. The highest BCUT2D eigenvalue weighted by Gasteiger charge is 2.10. The van der Waals surface area contributed by atoms with Crippen LogP contribution in [0.25, 0.3) is 10.9 Å². The summed E-state index contributed by atoms with van der Waals surface area (Å²) < 4.78 is 5.45. The number of nitrogens with zero attached hydrogens (tertiary/aromatic N) is 2. The summed E-state index contributed by atoms with van der Waals surface area (Å²) in [5.74, 6) is 1.77. The highest BCUT2D eigenvalue weighted by Crippen LogP contribution is 2.29. The van der Waals surface area contributed by atoms with Gasteiger partial charge in [-0.2, -0.15) is 0 Å². The molecule has 0 bridgehead atoms. The first-order valence-corrected chi connectivity index (χ1v) is 7.38. The SMILES string of the molecule is COc1cccc2c(C)cc(N(C)Cc3ccccc3)nc12. The molecule has 0 atom stereocenters. The Hall–Kier alpha value is -2.55. The fourth-order valence-corrected chi connectivity index (χ4v) is 2.67. The molecule has 0 amide bonds. The van der Waals surface area contributed by atoms with Gasteiger partial charge in [-0.3, -0.25) is 0 Å². The molecule has 3 rings (SSSR count). The smallest absolute Gasteiger partial charge is 0.145 e. The van der Waals surface area contributed by atoms with Gasteiger partial charge in [-0.1, -0.05) is 42.5 Å². The van der Waals surface area contributed by atoms with Gasteiger partial charge in [0.2, 0.25) is 0 Å². The van der Waals surface area contributed by atoms with Gasteiger partial charge in [0.05, 0.1) is 7.11 Å². The van der Waals surface area contributed by atoms with Crippen molar-refractivity contribution in [1.82, 2.24) is 4.98 Å². The Morgan fingerprint density at radius 3 is 2.55 bits per heavy atom. The second kappa shape index (κ2) is 6.06. The minimum Gasteiger partial charge on any atom is -0.494 e. The van der Waals surface area contributed by atoms with Crippen LogP contribution >= 0.6 is 0 Å². The van der Waals surface area contributed by atoms with E-state index < -0.39 is 0 Å². The second-order valence-electron chi connectivity index (χ2n) is 5.50. The van der Waals surface area contributed by atoms with Crippen molar-refractivity contribution < 1.29 is 4.74 Å². The molecule has 0 saturated heterocycles. The summed E-state index contributed by atoms with van der Waals surface area (Å²) in [6.45, 7) is 2.94. The molecule has 0 aliphatic carbocycles. The minimum atomic E-state index is 0.815. The Morgan fingerprint density at radius 2 is 1.82 bits per heavy atom. The molecule has 3 nitrogen and oxygen atoms in total. The molecule has 22 heavy (non-hydrogen) atoms. The molecule has 112 valence electrons. The lowest BCUT2D eigenvalue weighted by Gasteiger charge is -2.20. The van der Waals surface area contributed by atoms with E-state index >= 15 is 0 Å². The van der Waals surface area contributed by atoms with Crippen molar-refractivity contribution in [3.63, 3.8) is 0 Å². The van der Waals surface area contributed by atoms with E-state index in [1.165, 1.54) is 11.1 Å². The third-order valence-electron chi connectivity index (χ3n) is 3.87. The minimum absolute atomic E-state index is 0.815. The van der Waals surface area contributed by atoms with E-state index in [9.17, 15) is 0 Å². The molecule has 1 heterocycles. The van der Waals surface area contributed by atoms with Crippen LogP contribution in [0.5, 0.6) is 5.75 Å². The van der Waals surface area contributed by atoms with E-state index in [0.29, 0.717) is 0 Å². The average Bonchev–Trinajstić information content (AvgIpc) is 2.55. The summed E-state index contributed by atoms with van der Waals surface area (Å²) >= 11 is 0. The van der Waals surface area contributed by atoms with Gasteiger partial charge in [-0.05, 0) is 30.2 Å². The Morgan fingerprint density at radius 1 is 1.05 bits per heavy atom. The third-order valence-corrected chi connectivity index (χ3v) is 3.87. The zero-order chi connectivity index (χ0) is 15.5. The normalized spacial score (nSPS) is 10.7. The van der Waals surface area contributed by atoms with Gasteiger partial charge in [0.25, 0.3) is 0 Å². The van der Waals surface area contributed by atoms with Crippen molar-refractivity contribution in [2.24, 2.45) is 0 Å². The Kier molecular flexibility index (Phi) is 3.96. The first-order valence-electron chi connectivity index (χ1n) is 7.38. The molecule has 0 aliphatic rings. The molecule has 0 radical (unpaired) electrons. The van der Waals surface area contributed by atoms with Crippen LogP contribution in [0, 0.1) is 6.92 Å². The van der Waals surface area contributed by atoms with Gasteiger partial charge < -0.3 is 9.64 Å². The lowest BCUT2D eigenvalue weighted by molar-refractivity contribution is 0.419. The summed E-state index contributed by atoms with van der Waals surface area (Å²) in [5.41, 5.74) is 3.39. The van der Waals surface area contributed by atoms with Crippen LogP contribution in [0.3, 0.4) is 0 Å². The Labute approximate surface area is 131 Å². The molecule has 0 aliphatic heterocycles. The molecule has 0 spiro atoms. The number of hydrogen-bond donors (Lipinski definition) is 0. The third kappa shape index (κ3) is 2.75. The number of aromatic nitrogens is 1. The lowest BCUT2D eigenvalue weighted by Crippen LogP contribution is -2.17. The summed E-state index contributed by atoms with van der Waals surface area (Å²) in [7, 11) is 3.75. The summed E-state index contributed by atoms with van der Waals surface area (Å²) in [4.78, 5) is 6.96. The predicted molar refractivity (Wildman–Crippen MR) is 91.6 cm³/mol. The highest BCUT2D eigenvalue weighted by molar-refractivity contribution is 5.88. The van der Waals surface area contributed by atoms with E-state index in [1.54, 1.807) is 7.11 Å². The van der Waals surface area contributed by atoms with Crippen LogP contribution < -0.4 is 9.64 Å².